The molecular weight excluding hydrogens is 234 g/mol. The van der Waals surface area contributed by atoms with E-state index in [-0.39, 0.29) is 6.42 Å². The first-order chi connectivity index (χ1) is 6.22. The quantitative estimate of drug-likeness (QED) is 0.588. The average Bonchev–Trinajstić information content (AvgIpc) is 2.04. The van der Waals surface area contributed by atoms with Gasteiger partial charge in [0.15, 0.2) is 0 Å². The first-order valence-electron chi connectivity index (χ1n) is 3.55. The van der Waals surface area contributed by atoms with Crippen molar-refractivity contribution >= 4 is 21.9 Å². The highest BCUT2D eigenvalue weighted by Crippen LogP contribution is 2.17. The predicted molar refractivity (Wildman–Crippen MR) is 50.0 cm³/mol. The molecular formula is C9H6BrNO2. The molecule has 0 aromatic heterocycles. The Morgan fingerprint density at radius 1 is 1.62 bits per heavy atom. The van der Waals surface area contributed by atoms with Gasteiger partial charge in [0.1, 0.15) is 12.2 Å². The van der Waals surface area contributed by atoms with E-state index in [1.807, 2.05) is 6.07 Å². The van der Waals surface area contributed by atoms with Gasteiger partial charge in [-0.1, -0.05) is 22.0 Å². The lowest BCUT2D eigenvalue weighted by Crippen LogP contribution is -2.05. The number of rotatable bonds is 2. The fourth-order valence-corrected chi connectivity index (χ4v) is 1.14. The SMILES string of the molecule is N#CCC(=O)Oc1cccc(Br)c1. The van der Waals surface area contributed by atoms with Crippen LogP contribution in [-0.2, 0) is 4.79 Å². The molecule has 1 aromatic carbocycles. The van der Waals surface area contributed by atoms with E-state index in [0.717, 1.165) is 4.47 Å². The molecule has 3 nitrogen and oxygen atoms in total. The van der Waals surface area contributed by atoms with Gasteiger partial charge in [0.05, 0.1) is 6.07 Å². The lowest BCUT2D eigenvalue weighted by Gasteiger charge is -2.00. The Morgan fingerprint density at radius 2 is 2.38 bits per heavy atom. The number of halogens is 1. The molecule has 4 heteroatoms. The smallest absolute Gasteiger partial charge is 0.325 e. The maximum Gasteiger partial charge on any atom is 0.325 e. The van der Waals surface area contributed by atoms with Crippen LogP contribution in [0.15, 0.2) is 28.7 Å². The van der Waals surface area contributed by atoms with Crippen molar-refractivity contribution in [2.24, 2.45) is 0 Å². The Hall–Kier alpha value is -1.34. The maximum atomic E-state index is 10.9. The first-order valence-corrected chi connectivity index (χ1v) is 4.35. The van der Waals surface area contributed by atoms with Crippen molar-refractivity contribution < 1.29 is 9.53 Å². The minimum atomic E-state index is -0.541. The van der Waals surface area contributed by atoms with Crippen LogP contribution in [0.1, 0.15) is 6.42 Å². The van der Waals surface area contributed by atoms with Crippen LogP contribution < -0.4 is 4.74 Å². The van der Waals surface area contributed by atoms with Gasteiger partial charge in [-0.3, -0.25) is 4.79 Å². The number of benzene rings is 1. The van der Waals surface area contributed by atoms with Crippen LogP contribution in [0, 0.1) is 11.3 Å². The standard InChI is InChI=1S/C9H6BrNO2/c10-7-2-1-3-8(6-7)13-9(12)4-5-11/h1-3,6H,4H2. The van der Waals surface area contributed by atoms with Crippen LogP contribution in [0.4, 0.5) is 0 Å². The van der Waals surface area contributed by atoms with Crippen molar-refractivity contribution in [3.8, 4) is 11.8 Å². The fourth-order valence-electron chi connectivity index (χ4n) is 0.763. The molecule has 0 fully saturated rings. The summed E-state index contributed by atoms with van der Waals surface area (Å²) in [6, 6.07) is 8.60. The molecule has 0 saturated carbocycles. The van der Waals surface area contributed by atoms with Gasteiger partial charge in [-0.25, -0.2) is 0 Å². The average molecular weight is 240 g/mol. The molecule has 0 aliphatic rings. The zero-order chi connectivity index (χ0) is 9.68. The third kappa shape index (κ3) is 3.26. The Kier molecular flexibility index (Phi) is 3.47. The van der Waals surface area contributed by atoms with E-state index in [1.165, 1.54) is 0 Å². The van der Waals surface area contributed by atoms with Crippen molar-refractivity contribution in [2.45, 2.75) is 6.42 Å². The summed E-state index contributed by atoms with van der Waals surface area (Å²) in [5, 5.41) is 8.21. The summed E-state index contributed by atoms with van der Waals surface area (Å²) in [5.41, 5.74) is 0. The topological polar surface area (TPSA) is 50.1 Å². The highest BCUT2D eigenvalue weighted by Gasteiger charge is 2.03. The van der Waals surface area contributed by atoms with Gasteiger partial charge in [-0.15, -0.1) is 0 Å². The number of carbonyl (C=O) groups is 1. The van der Waals surface area contributed by atoms with Crippen LogP contribution in [-0.4, -0.2) is 5.97 Å². The Labute approximate surface area is 84.1 Å². The highest BCUT2D eigenvalue weighted by molar-refractivity contribution is 9.10. The van der Waals surface area contributed by atoms with Crippen LogP contribution in [0.2, 0.25) is 0 Å². The molecule has 0 amide bonds. The monoisotopic (exact) mass is 239 g/mol. The lowest BCUT2D eigenvalue weighted by atomic mass is 10.3. The third-order valence-corrected chi connectivity index (χ3v) is 1.74. The molecule has 0 N–H and O–H groups in total. The van der Waals surface area contributed by atoms with Crippen molar-refractivity contribution in [1.29, 1.82) is 5.26 Å². The van der Waals surface area contributed by atoms with Crippen molar-refractivity contribution in [2.75, 3.05) is 0 Å². The van der Waals surface area contributed by atoms with Gasteiger partial charge in [-0.05, 0) is 18.2 Å². The summed E-state index contributed by atoms with van der Waals surface area (Å²) in [5.74, 6) is -0.102. The molecule has 1 rings (SSSR count). The summed E-state index contributed by atoms with van der Waals surface area (Å²) in [4.78, 5) is 10.9. The van der Waals surface area contributed by atoms with Crippen LogP contribution in [0.3, 0.4) is 0 Å². The van der Waals surface area contributed by atoms with Gasteiger partial charge in [0.25, 0.3) is 0 Å². The Morgan fingerprint density at radius 3 is 3.00 bits per heavy atom. The molecule has 0 saturated heterocycles. The van der Waals surface area contributed by atoms with E-state index < -0.39 is 5.97 Å². The first kappa shape index (κ1) is 9.75. The minimum absolute atomic E-state index is 0.230. The summed E-state index contributed by atoms with van der Waals surface area (Å²) in [7, 11) is 0. The lowest BCUT2D eigenvalue weighted by molar-refractivity contribution is -0.133. The summed E-state index contributed by atoms with van der Waals surface area (Å²) in [6.07, 6.45) is -0.230. The second kappa shape index (κ2) is 4.63. The largest absolute Gasteiger partial charge is 0.426 e. The summed E-state index contributed by atoms with van der Waals surface area (Å²) in [6.45, 7) is 0. The zero-order valence-electron chi connectivity index (χ0n) is 6.66. The van der Waals surface area contributed by atoms with Gasteiger partial charge >= 0.3 is 5.97 Å². The Bertz CT molecular complexity index is 357. The number of ether oxygens (including phenoxy) is 1. The molecule has 0 aliphatic carbocycles. The van der Waals surface area contributed by atoms with Crippen molar-refractivity contribution in [3.05, 3.63) is 28.7 Å². The van der Waals surface area contributed by atoms with Gasteiger partial charge in [0, 0.05) is 4.47 Å². The van der Waals surface area contributed by atoms with Gasteiger partial charge < -0.3 is 4.74 Å². The molecule has 0 spiro atoms. The van der Waals surface area contributed by atoms with Gasteiger partial charge in [0.2, 0.25) is 0 Å². The normalized spacial score (nSPS) is 8.92. The van der Waals surface area contributed by atoms with E-state index in [1.54, 1.807) is 24.3 Å². The molecule has 0 atom stereocenters. The van der Waals surface area contributed by atoms with E-state index in [0.29, 0.717) is 5.75 Å². The van der Waals surface area contributed by atoms with Gasteiger partial charge in [-0.2, -0.15) is 5.26 Å². The van der Waals surface area contributed by atoms with Crippen molar-refractivity contribution in [1.82, 2.24) is 0 Å². The molecule has 0 aliphatic heterocycles. The Balaban J connectivity index is 2.65. The molecule has 0 bridgehead atoms. The number of hydrogen-bond acceptors (Lipinski definition) is 3. The second-order valence-corrected chi connectivity index (χ2v) is 3.18. The van der Waals surface area contributed by atoms with E-state index in [9.17, 15) is 4.79 Å². The fraction of sp³-hybridized carbons (Fsp3) is 0.111. The summed E-state index contributed by atoms with van der Waals surface area (Å²) >= 11 is 3.23. The van der Waals surface area contributed by atoms with E-state index >= 15 is 0 Å². The number of carbonyl (C=O) groups excluding carboxylic acids is 1. The highest BCUT2D eigenvalue weighted by atomic mass is 79.9. The maximum absolute atomic E-state index is 10.9. The van der Waals surface area contributed by atoms with Crippen LogP contribution in [0.25, 0.3) is 0 Å². The van der Waals surface area contributed by atoms with Crippen LogP contribution >= 0.6 is 15.9 Å². The molecule has 0 heterocycles. The third-order valence-electron chi connectivity index (χ3n) is 1.25. The number of nitrogens with zero attached hydrogens (tertiary/aromatic N) is 1. The van der Waals surface area contributed by atoms with Crippen molar-refractivity contribution in [3.63, 3.8) is 0 Å². The zero-order valence-corrected chi connectivity index (χ0v) is 8.24. The number of esters is 1. The molecule has 0 radical (unpaired) electrons. The minimum Gasteiger partial charge on any atom is -0.426 e. The second-order valence-electron chi connectivity index (χ2n) is 2.27. The van der Waals surface area contributed by atoms with E-state index in [2.05, 4.69) is 15.9 Å². The summed E-state index contributed by atoms with van der Waals surface area (Å²) < 4.78 is 5.67. The number of hydrogen-bond donors (Lipinski definition) is 0. The number of nitriles is 1. The van der Waals surface area contributed by atoms with Crippen LogP contribution in [0.5, 0.6) is 5.75 Å². The molecule has 1 aromatic rings. The molecule has 66 valence electrons. The molecule has 0 unspecified atom stereocenters. The predicted octanol–water partition coefficient (Wildman–Crippen LogP) is 2.27. The van der Waals surface area contributed by atoms with E-state index in [4.69, 9.17) is 10.00 Å². The molecule has 13 heavy (non-hydrogen) atoms.